The molecule has 0 saturated heterocycles. The van der Waals surface area contributed by atoms with Gasteiger partial charge in [0.2, 0.25) is 10.0 Å². The zero-order valence-corrected chi connectivity index (χ0v) is 15.1. The first-order chi connectivity index (χ1) is 11.8. The molecule has 0 saturated carbocycles. The van der Waals surface area contributed by atoms with Gasteiger partial charge in [0.25, 0.3) is 5.91 Å². The van der Waals surface area contributed by atoms with Gasteiger partial charge in [-0.2, -0.15) is 0 Å². The molecule has 0 fully saturated rings. The number of carbonyl (C=O) groups excluding carboxylic acids is 1. The van der Waals surface area contributed by atoms with Gasteiger partial charge in [-0.25, -0.2) is 18.5 Å². The summed E-state index contributed by atoms with van der Waals surface area (Å²) in [5.74, 6) is -0.291. The zero-order chi connectivity index (χ0) is 18.2. The van der Waals surface area contributed by atoms with Crippen LogP contribution in [0.15, 0.2) is 41.3 Å². The lowest BCUT2D eigenvalue weighted by molar-refractivity contribution is 0.102. The van der Waals surface area contributed by atoms with E-state index in [4.69, 9.17) is 9.88 Å². The number of aromatic nitrogens is 1. The van der Waals surface area contributed by atoms with Crippen molar-refractivity contribution in [3.05, 3.63) is 47.5 Å². The van der Waals surface area contributed by atoms with Gasteiger partial charge in [-0.1, -0.05) is 23.5 Å². The molecule has 0 aliphatic carbocycles. The van der Waals surface area contributed by atoms with Crippen molar-refractivity contribution >= 4 is 42.6 Å². The number of hydrogen-bond donors (Lipinski definition) is 2. The number of ether oxygens (including phenoxy) is 1. The van der Waals surface area contributed by atoms with Gasteiger partial charge in [0.1, 0.15) is 5.75 Å². The highest BCUT2D eigenvalue weighted by atomic mass is 32.2. The highest BCUT2D eigenvalue weighted by Gasteiger charge is 2.18. The maximum Gasteiger partial charge on any atom is 0.261 e. The normalized spacial score (nSPS) is 11.5. The van der Waals surface area contributed by atoms with Gasteiger partial charge in [-0.15, -0.1) is 0 Å². The molecule has 3 N–H and O–H groups in total. The molecule has 2 aromatic carbocycles. The molecule has 0 unspecified atom stereocenters. The van der Waals surface area contributed by atoms with Crippen LogP contribution in [0.4, 0.5) is 5.13 Å². The maximum atomic E-state index is 12.6. The van der Waals surface area contributed by atoms with Crippen LogP contribution in [0.25, 0.3) is 10.2 Å². The zero-order valence-electron chi connectivity index (χ0n) is 13.4. The van der Waals surface area contributed by atoms with Gasteiger partial charge in [0.15, 0.2) is 5.13 Å². The van der Waals surface area contributed by atoms with Crippen LogP contribution in [0.2, 0.25) is 0 Å². The van der Waals surface area contributed by atoms with Crippen LogP contribution >= 0.6 is 11.3 Å². The molecular weight excluding hydrogens is 362 g/mol. The third kappa shape index (κ3) is 3.48. The van der Waals surface area contributed by atoms with E-state index in [1.54, 1.807) is 0 Å². The fourth-order valence-electron chi connectivity index (χ4n) is 2.35. The third-order valence-corrected chi connectivity index (χ3v) is 5.43. The fraction of sp³-hybridized carbons (Fsp3) is 0.125. The van der Waals surface area contributed by atoms with Crippen LogP contribution in [0, 0.1) is 6.92 Å². The Balaban J connectivity index is 1.98. The molecule has 25 heavy (non-hydrogen) atoms. The lowest BCUT2D eigenvalue weighted by Gasteiger charge is -2.09. The molecule has 0 aliphatic rings. The standard InChI is InChI=1S/C16H15N3O4S2/c1-9-4-3-5-13-14(9)18-16(24-13)19-15(20)11-8-10(25(17,21)22)6-7-12(11)23-2/h3-8H,1-2H3,(H2,17,21,22)(H,18,19,20). The number of thiazole rings is 1. The topological polar surface area (TPSA) is 111 Å². The van der Waals surface area contributed by atoms with Crippen molar-refractivity contribution < 1.29 is 17.9 Å². The second-order valence-electron chi connectivity index (χ2n) is 5.30. The number of para-hydroxylation sites is 1. The Bertz CT molecular complexity index is 1070. The highest BCUT2D eigenvalue weighted by Crippen LogP contribution is 2.29. The van der Waals surface area contributed by atoms with E-state index < -0.39 is 15.9 Å². The predicted octanol–water partition coefficient (Wildman–Crippen LogP) is 2.51. The number of primary sulfonamides is 1. The molecule has 0 bridgehead atoms. The van der Waals surface area contributed by atoms with Gasteiger partial charge in [-0.3, -0.25) is 10.1 Å². The Morgan fingerprint density at radius 3 is 2.68 bits per heavy atom. The van der Waals surface area contributed by atoms with Gasteiger partial charge < -0.3 is 4.74 Å². The summed E-state index contributed by atoms with van der Waals surface area (Å²) in [6.07, 6.45) is 0. The number of sulfonamides is 1. The van der Waals surface area contributed by atoms with E-state index in [2.05, 4.69) is 10.3 Å². The number of aryl methyl sites for hydroxylation is 1. The average Bonchev–Trinajstić information content (AvgIpc) is 2.97. The van der Waals surface area contributed by atoms with Gasteiger partial charge in [-0.05, 0) is 36.8 Å². The number of carbonyl (C=O) groups is 1. The Morgan fingerprint density at radius 1 is 1.28 bits per heavy atom. The Hall–Kier alpha value is -2.49. The van der Waals surface area contributed by atoms with Crippen molar-refractivity contribution in [2.45, 2.75) is 11.8 Å². The molecule has 3 aromatic rings. The number of nitrogens with two attached hydrogens (primary N) is 1. The SMILES string of the molecule is COc1ccc(S(N)(=O)=O)cc1C(=O)Nc1nc2c(C)cccc2s1. The van der Waals surface area contributed by atoms with Gasteiger partial charge >= 0.3 is 0 Å². The third-order valence-electron chi connectivity index (χ3n) is 3.59. The second kappa shape index (κ2) is 6.43. The van der Waals surface area contributed by atoms with Crippen LogP contribution < -0.4 is 15.2 Å². The first-order valence-electron chi connectivity index (χ1n) is 7.18. The number of nitrogens with zero attached hydrogens (tertiary/aromatic N) is 1. The van der Waals surface area contributed by atoms with Gasteiger partial charge in [0.05, 0.1) is 27.8 Å². The van der Waals surface area contributed by atoms with Crippen LogP contribution in [0.1, 0.15) is 15.9 Å². The number of rotatable bonds is 4. The molecular formula is C16H15N3O4S2. The number of benzene rings is 2. The molecule has 1 heterocycles. The number of amides is 1. The molecule has 1 aromatic heterocycles. The van der Waals surface area contributed by atoms with E-state index in [0.29, 0.717) is 5.13 Å². The monoisotopic (exact) mass is 377 g/mol. The summed E-state index contributed by atoms with van der Waals surface area (Å²) in [5, 5.41) is 8.22. The quantitative estimate of drug-likeness (QED) is 0.726. The minimum Gasteiger partial charge on any atom is -0.496 e. The molecule has 9 heteroatoms. The average molecular weight is 377 g/mol. The summed E-state index contributed by atoms with van der Waals surface area (Å²) in [4.78, 5) is 16.8. The Morgan fingerprint density at radius 2 is 2.04 bits per heavy atom. The Kier molecular flexibility index (Phi) is 4.46. The molecule has 0 aliphatic heterocycles. The number of methoxy groups -OCH3 is 1. The summed E-state index contributed by atoms with van der Waals surface area (Å²) < 4.78 is 29.1. The molecule has 7 nitrogen and oxygen atoms in total. The van der Waals surface area contributed by atoms with Crippen molar-refractivity contribution in [3.63, 3.8) is 0 Å². The minimum atomic E-state index is -3.93. The van der Waals surface area contributed by atoms with E-state index in [1.807, 2.05) is 25.1 Å². The van der Waals surface area contributed by atoms with Crippen LogP contribution in [0.5, 0.6) is 5.75 Å². The predicted molar refractivity (Wildman–Crippen MR) is 96.7 cm³/mol. The molecule has 0 spiro atoms. The van der Waals surface area contributed by atoms with Crippen LogP contribution in [-0.2, 0) is 10.0 Å². The first kappa shape index (κ1) is 17.3. The molecule has 0 radical (unpaired) electrons. The highest BCUT2D eigenvalue weighted by molar-refractivity contribution is 7.89. The van der Waals surface area contributed by atoms with E-state index in [1.165, 1.54) is 36.6 Å². The number of nitrogens with one attached hydrogen (secondary N) is 1. The summed E-state index contributed by atoms with van der Waals surface area (Å²) in [6, 6.07) is 9.62. The second-order valence-corrected chi connectivity index (χ2v) is 7.89. The van der Waals surface area contributed by atoms with Gasteiger partial charge in [0, 0.05) is 0 Å². The molecule has 130 valence electrons. The summed E-state index contributed by atoms with van der Waals surface area (Å²) in [6.45, 7) is 1.94. The molecule has 3 rings (SSSR count). The minimum absolute atomic E-state index is 0.0602. The van der Waals surface area contributed by atoms with Crippen molar-refractivity contribution in [2.24, 2.45) is 5.14 Å². The van der Waals surface area contributed by atoms with Crippen molar-refractivity contribution in [1.29, 1.82) is 0 Å². The van der Waals surface area contributed by atoms with Crippen LogP contribution in [-0.4, -0.2) is 26.4 Å². The number of hydrogen-bond acceptors (Lipinski definition) is 6. The van der Waals surface area contributed by atoms with E-state index >= 15 is 0 Å². The first-order valence-corrected chi connectivity index (χ1v) is 9.54. The van der Waals surface area contributed by atoms with Crippen molar-refractivity contribution in [2.75, 3.05) is 12.4 Å². The molecule has 1 amide bonds. The smallest absolute Gasteiger partial charge is 0.261 e. The lowest BCUT2D eigenvalue weighted by Crippen LogP contribution is -2.16. The van der Waals surface area contributed by atoms with E-state index in [-0.39, 0.29) is 16.2 Å². The number of anilines is 1. The summed E-state index contributed by atoms with van der Waals surface area (Å²) >= 11 is 1.33. The summed E-state index contributed by atoms with van der Waals surface area (Å²) in [5.41, 5.74) is 1.88. The van der Waals surface area contributed by atoms with E-state index in [9.17, 15) is 13.2 Å². The van der Waals surface area contributed by atoms with E-state index in [0.717, 1.165) is 15.8 Å². The van der Waals surface area contributed by atoms with Crippen LogP contribution in [0.3, 0.4) is 0 Å². The lowest BCUT2D eigenvalue weighted by atomic mass is 10.2. The fourth-order valence-corrected chi connectivity index (χ4v) is 3.82. The maximum absolute atomic E-state index is 12.6. The Labute approximate surface area is 148 Å². The van der Waals surface area contributed by atoms with Crippen molar-refractivity contribution in [3.8, 4) is 5.75 Å². The summed E-state index contributed by atoms with van der Waals surface area (Å²) in [7, 11) is -2.54. The molecule has 0 atom stereocenters. The number of fused-ring (bicyclic) bond motifs is 1. The largest absolute Gasteiger partial charge is 0.496 e. The van der Waals surface area contributed by atoms with Crippen molar-refractivity contribution in [1.82, 2.24) is 4.98 Å².